The highest BCUT2D eigenvalue weighted by Crippen LogP contribution is 2.31. The summed E-state index contributed by atoms with van der Waals surface area (Å²) in [5, 5.41) is 4.85. The summed E-state index contributed by atoms with van der Waals surface area (Å²) in [6.07, 6.45) is 2.70. The van der Waals surface area contributed by atoms with Crippen molar-refractivity contribution in [2.75, 3.05) is 7.11 Å². The first-order valence-corrected chi connectivity index (χ1v) is 8.38. The summed E-state index contributed by atoms with van der Waals surface area (Å²) in [5.41, 5.74) is 6.23. The van der Waals surface area contributed by atoms with E-state index in [0.717, 1.165) is 45.9 Å². The van der Waals surface area contributed by atoms with Crippen LogP contribution in [-0.2, 0) is 6.42 Å². The molecule has 0 N–H and O–H groups in total. The Morgan fingerprint density at radius 1 is 0.960 bits per heavy atom. The first-order chi connectivity index (χ1) is 12.3. The Bertz CT molecular complexity index is 1020. The van der Waals surface area contributed by atoms with Gasteiger partial charge >= 0.3 is 0 Å². The van der Waals surface area contributed by atoms with E-state index in [-0.39, 0.29) is 0 Å². The van der Waals surface area contributed by atoms with Gasteiger partial charge in [0.2, 0.25) is 0 Å². The van der Waals surface area contributed by atoms with Crippen LogP contribution in [0.1, 0.15) is 12.6 Å². The predicted octanol–water partition coefficient (Wildman–Crippen LogP) is 4.63. The van der Waals surface area contributed by atoms with Crippen LogP contribution in [0, 0.1) is 0 Å². The number of aryl methyl sites for hydroxylation is 1. The minimum atomic E-state index is 0.827. The van der Waals surface area contributed by atoms with Crippen LogP contribution >= 0.6 is 0 Å². The Morgan fingerprint density at radius 3 is 2.52 bits per heavy atom. The third-order valence-electron chi connectivity index (χ3n) is 4.35. The van der Waals surface area contributed by atoms with E-state index in [2.05, 4.69) is 30.1 Å². The molecule has 0 aliphatic carbocycles. The Morgan fingerprint density at radius 2 is 1.76 bits per heavy atom. The molecule has 0 aliphatic rings. The van der Waals surface area contributed by atoms with Crippen LogP contribution in [0.25, 0.3) is 28.0 Å². The fourth-order valence-electron chi connectivity index (χ4n) is 3.14. The van der Waals surface area contributed by atoms with Gasteiger partial charge in [-0.2, -0.15) is 5.10 Å². The van der Waals surface area contributed by atoms with Crippen molar-refractivity contribution < 1.29 is 4.74 Å². The van der Waals surface area contributed by atoms with E-state index in [0.29, 0.717) is 0 Å². The molecule has 2 aromatic heterocycles. The molecule has 4 heteroatoms. The molecule has 2 heterocycles. The number of fused-ring (bicyclic) bond motifs is 1. The second kappa shape index (κ2) is 6.40. The molecule has 0 spiro atoms. The Hall–Kier alpha value is -3.14. The lowest BCUT2D eigenvalue weighted by molar-refractivity contribution is 0.415. The molecule has 0 unspecified atom stereocenters. The SMILES string of the molecule is CCc1nn2c(-c3cccc(OC)c3)ccnc2c1-c1ccccc1. The van der Waals surface area contributed by atoms with Gasteiger partial charge < -0.3 is 4.74 Å². The zero-order chi connectivity index (χ0) is 17.2. The lowest BCUT2D eigenvalue weighted by atomic mass is 10.0. The van der Waals surface area contributed by atoms with Gasteiger partial charge in [0.1, 0.15) is 5.75 Å². The van der Waals surface area contributed by atoms with Crippen molar-refractivity contribution in [1.29, 1.82) is 0 Å². The highest BCUT2D eigenvalue weighted by atomic mass is 16.5. The van der Waals surface area contributed by atoms with Gasteiger partial charge in [0, 0.05) is 17.3 Å². The molecule has 2 aromatic carbocycles. The van der Waals surface area contributed by atoms with Gasteiger partial charge in [-0.25, -0.2) is 9.50 Å². The fraction of sp³-hybridized carbons (Fsp3) is 0.143. The van der Waals surface area contributed by atoms with E-state index in [1.165, 1.54) is 0 Å². The highest BCUT2D eigenvalue weighted by Gasteiger charge is 2.17. The van der Waals surface area contributed by atoms with Crippen molar-refractivity contribution in [2.24, 2.45) is 0 Å². The smallest absolute Gasteiger partial charge is 0.163 e. The molecule has 0 bridgehead atoms. The van der Waals surface area contributed by atoms with Crippen LogP contribution in [0.4, 0.5) is 0 Å². The summed E-state index contributed by atoms with van der Waals surface area (Å²) >= 11 is 0. The largest absolute Gasteiger partial charge is 0.497 e. The summed E-state index contributed by atoms with van der Waals surface area (Å²) < 4.78 is 7.30. The molecule has 25 heavy (non-hydrogen) atoms. The van der Waals surface area contributed by atoms with Crippen LogP contribution in [0.5, 0.6) is 5.75 Å². The number of benzene rings is 2. The number of hydrogen-bond donors (Lipinski definition) is 0. The number of hydrogen-bond acceptors (Lipinski definition) is 3. The Kier molecular flexibility index (Phi) is 3.94. The van der Waals surface area contributed by atoms with Crippen molar-refractivity contribution in [2.45, 2.75) is 13.3 Å². The molecule has 0 radical (unpaired) electrons. The maximum atomic E-state index is 5.36. The topological polar surface area (TPSA) is 39.4 Å². The van der Waals surface area contributed by atoms with Crippen molar-refractivity contribution in [3.8, 4) is 28.1 Å². The van der Waals surface area contributed by atoms with E-state index in [1.807, 2.05) is 53.2 Å². The Labute approximate surface area is 146 Å². The van der Waals surface area contributed by atoms with E-state index < -0.39 is 0 Å². The van der Waals surface area contributed by atoms with E-state index in [1.54, 1.807) is 7.11 Å². The Balaban J connectivity index is 1.98. The van der Waals surface area contributed by atoms with E-state index in [9.17, 15) is 0 Å². The lowest BCUT2D eigenvalue weighted by Crippen LogP contribution is -1.96. The molecule has 4 rings (SSSR count). The van der Waals surface area contributed by atoms with Crippen molar-refractivity contribution in [3.63, 3.8) is 0 Å². The third-order valence-corrected chi connectivity index (χ3v) is 4.35. The average molecular weight is 329 g/mol. The summed E-state index contributed by atoms with van der Waals surface area (Å²) in [7, 11) is 1.68. The standard InChI is InChI=1S/C21H19N3O/c1-3-18-20(15-8-5-4-6-9-15)21-22-13-12-19(24(21)23-18)16-10-7-11-17(14-16)25-2/h4-14H,3H2,1-2H3. The van der Waals surface area contributed by atoms with Gasteiger partial charge in [0.15, 0.2) is 5.65 Å². The van der Waals surface area contributed by atoms with Gasteiger partial charge in [-0.3, -0.25) is 0 Å². The monoisotopic (exact) mass is 329 g/mol. The summed E-state index contributed by atoms with van der Waals surface area (Å²) in [6.45, 7) is 2.12. The molecular formula is C21H19N3O. The van der Waals surface area contributed by atoms with Crippen LogP contribution < -0.4 is 4.74 Å². The van der Waals surface area contributed by atoms with Crippen LogP contribution in [0.15, 0.2) is 66.9 Å². The second-order valence-corrected chi connectivity index (χ2v) is 5.84. The number of ether oxygens (including phenoxy) is 1. The molecule has 4 nitrogen and oxygen atoms in total. The van der Waals surface area contributed by atoms with Gasteiger partial charge in [0.25, 0.3) is 0 Å². The zero-order valence-electron chi connectivity index (χ0n) is 14.3. The summed E-state index contributed by atoms with van der Waals surface area (Å²) in [4.78, 5) is 4.62. The number of methoxy groups -OCH3 is 1. The first kappa shape index (κ1) is 15.4. The van der Waals surface area contributed by atoms with Gasteiger partial charge in [-0.1, -0.05) is 49.4 Å². The maximum absolute atomic E-state index is 5.36. The van der Waals surface area contributed by atoms with E-state index >= 15 is 0 Å². The van der Waals surface area contributed by atoms with Gasteiger partial charge in [0.05, 0.1) is 18.5 Å². The first-order valence-electron chi connectivity index (χ1n) is 8.38. The molecular weight excluding hydrogens is 310 g/mol. The molecule has 0 amide bonds. The van der Waals surface area contributed by atoms with Gasteiger partial charge in [-0.05, 0) is 30.2 Å². The van der Waals surface area contributed by atoms with Gasteiger partial charge in [-0.15, -0.1) is 0 Å². The summed E-state index contributed by atoms with van der Waals surface area (Å²) in [5.74, 6) is 0.827. The molecule has 0 saturated carbocycles. The van der Waals surface area contributed by atoms with Crippen LogP contribution in [0.3, 0.4) is 0 Å². The minimum Gasteiger partial charge on any atom is -0.497 e. The highest BCUT2D eigenvalue weighted by molar-refractivity contribution is 5.81. The van der Waals surface area contributed by atoms with E-state index in [4.69, 9.17) is 9.84 Å². The maximum Gasteiger partial charge on any atom is 0.163 e. The van der Waals surface area contributed by atoms with Crippen LogP contribution in [0.2, 0.25) is 0 Å². The quantitative estimate of drug-likeness (QED) is 0.548. The second-order valence-electron chi connectivity index (χ2n) is 5.84. The predicted molar refractivity (Wildman–Crippen MR) is 99.8 cm³/mol. The number of rotatable bonds is 4. The normalized spacial score (nSPS) is 11.0. The lowest BCUT2D eigenvalue weighted by Gasteiger charge is -2.07. The average Bonchev–Trinajstić information content (AvgIpc) is 3.07. The molecule has 124 valence electrons. The van der Waals surface area contributed by atoms with Crippen LogP contribution in [-0.4, -0.2) is 21.7 Å². The van der Waals surface area contributed by atoms with Crippen molar-refractivity contribution in [3.05, 3.63) is 72.6 Å². The molecule has 0 saturated heterocycles. The molecule has 0 fully saturated rings. The fourth-order valence-corrected chi connectivity index (χ4v) is 3.14. The summed E-state index contributed by atoms with van der Waals surface area (Å²) in [6, 6.07) is 20.3. The van der Waals surface area contributed by atoms with Crippen molar-refractivity contribution >= 4 is 5.65 Å². The van der Waals surface area contributed by atoms with Crippen molar-refractivity contribution in [1.82, 2.24) is 14.6 Å². The minimum absolute atomic E-state index is 0.827. The molecule has 0 aliphatic heterocycles. The third kappa shape index (κ3) is 2.66. The molecule has 0 atom stereocenters. The number of aromatic nitrogens is 3. The molecule has 4 aromatic rings. The zero-order valence-corrected chi connectivity index (χ0v) is 14.3. The number of nitrogens with zero attached hydrogens (tertiary/aromatic N) is 3.